The summed E-state index contributed by atoms with van der Waals surface area (Å²) in [5.74, 6) is 1.13. The van der Waals surface area contributed by atoms with Crippen LogP contribution >= 0.6 is 0 Å². The molecule has 0 radical (unpaired) electrons. The fourth-order valence-corrected chi connectivity index (χ4v) is 9.61. The molecule has 2 heterocycles. The lowest BCUT2D eigenvalue weighted by molar-refractivity contribution is -0.542. The molecule has 4 N–H and O–H groups in total. The predicted molar refractivity (Wildman–Crippen MR) is 131 cm³/mol. The Morgan fingerprint density at radius 1 is 0.903 bits per heavy atom. The normalized spacial score (nSPS) is 21.8. The van der Waals surface area contributed by atoms with Crippen molar-refractivity contribution in [1.29, 1.82) is 0 Å². The minimum absolute atomic E-state index is 0.00269. The number of rotatable bonds is 6. The lowest BCUT2D eigenvalue weighted by Crippen LogP contribution is -2.68. The summed E-state index contributed by atoms with van der Waals surface area (Å²) < 4.78 is 9.54. The summed E-state index contributed by atoms with van der Waals surface area (Å²) in [6, 6.07) is 22.4. The van der Waals surface area contributed by atoms with E-state index in [0.29, 0.717) is 19.2 Å². The van der Waals surface area contributed by atoms with Crippen molar-refractivity contribution >= 4 is 24.7 Å². The topological polar surface area (TPSA) is 62.3 Å². The van der Waals surface area contributed by atoms with Gasteiger partial charge in [-0.15, -0.1) is 0 Å². The maximum atomic E-state index is 7.13. The van der Waals surface area contributed by atoms with Gasteiger partial charge in [0.05, 0.1) is 31.8 Å². The Kier molecular flexibility index (Phi) is 6.51. The van der Waals surface area contributed by atoms with Crippen LogP contribution in [0.3, 0.4) is 0 Å². The molecule has 2 aliphatic rings. The first-order valence-electron chi connectivity index (χ1n) is 11.5. The molecule has 0 amide bonds. The Bertz CT molecular complexity index is 855. The highest BCUT2D eigenvalue weighted by Crippen LogP contribution is 2.36. The van der Waals surface area contributed by atoms with Crippen LogP contribution in [0, 0.1) is 0 Å². The van der Waals surface area contributed by atoms with Crippen LogP contribution in [-0.4, -0.2) is 57.2 Å². The molecule has 0 unspecified atom stereocenters. The van der Waals surface area contributed by atoms with Crippen molar-refractivity contribution in [3.05, 3.63) is 60.7 Å². The van der Waals surface area contributed by atoms with Crippen LogP contribution in [0.4, 0.5) is 0 Å². The van der Waals surface area contributed by atoms with Crippen LogP contribution in [-0.2, 0) is 4.43 Å². The highest BCUT2D eigenvalue weighted by Gasteiger charge is 2.50. The molecule has 6 heteroatoms. The largest absolute Gasteiger partial charge is 0.404 e. The molecule has 0 aliphatic carbocycles. The molecule has 4 rings (SSSR count). The summed E-state index contributed by atoms with van der Waals surface area (Å²) in [4.78, 5) is 0. The summed E-state index contributed by atoms with van der Waals surface area (Å²) in [5, 5.41) is 9.97. The van der Waals surface area contributed by atoms with E-state index in [-0.39, 0.29) is 11.1 Å². The monoisotopic (exact) mass is 437 g/mol. The third kappa shape index (κ3) is 4.42. The Morgan fingerprint density at radius 2 is 1.42 bits per heavy atom. The highest BCUT2D eigenvalue weighted by molar-refractivity contribution is 6.99. The third-order valence-electron chi connectivity index (χ3n) is 6.70. The molecule has 166 valence electrons. The fourth-order valence-electron chi connectivity index (χ4n) is 5.00. The van der Waals surface area contributed by atoms with E-state index in [4.69, 9.17) is 10.2 Å². The Hall–Kier alpha value is -2.15. The first-order chi connectivity index (χ1) is 14.9. The van der Waals surface area contributed by atoms with Crippen LogP contribution in [0.15, 0.2) is 60.7 Å². The zero-order chi connectivity index (χ0) is 21.9. The molecular formula is C25H37N4OSi+. The first-order valence-corrected chi connectivity index (χ1v) is 13.4. The number of nitrogens with one attached hydrogen (secondary N) is 2. The second kappa shape index (κ2) is 9.15. The van der Waals surface area contributed by atoms with E-state index >= 15 is 0 Å². The Morgan fingerprint density at radius 3 is 1.94 bits per heavy atom. The summed E-state index contributed by atoms with van der Waals surface area (Å²) in [6.07, 6.45) is 2.18. The number of hydrogen-bond acceptors (Lipinski definition) is 4. The second-order valence-electron chi connectivity index (χ2n) is 9.81. The standard InChI is InChI=1S/C25H36N4OSi/c1-25(2,3)31(22-10-6-4-7-11-22,23-12-8-5-9-13-23)30-19-21-15-17-29-16-14-20(18-26)27-24(29)28-21/h4-13,20-21H,14-19,26H2,1-3H3,(H,27,28)/p+1/t20-,21-/m1/s1. The Labute approximate surface area is 187 Å². The van der Waals surface area contributed by atoms with Gasteiger partial charge in [-0.2, -0.15) is 0 Å². The van der Waals surface area contributed by atoms with Crippen molar-refractivity contribution in [1.82, 2.24) is 10.6 Å². The molecule has 2 atom stereocenters. The molecule has 0 spiro atoms. The number of guanidine groups is 1. The second-order valence-corrected chi connectivity index (χ2v) is 14.1. The van der Waals surface area contributed by atoms with Crippen LogP contribution < -0.4 is 26.7 Å². The van der Waals surface area contributed by atoms with Gasteiger partial charge < -0.3 is 10.2 Å². The Balaban J connectivity index is 1.61. The average Bonchev–Trinajstić information content (AvgIpc) is 2.79. The van der Waals surface area contributed by atoms with E-state index in [1.165, 1.54) is 10.4 Å². The van der Waals surface area contributed by atoms with Crippen molar-refractivity contribution in [2.75, 3.05) is 26.2 Å². The lowest BCUT2D eigenvalue weighted by Gasteiger charge is -2.44. The predicted octanol–water partition coefficient (Wildman–Crippen LogP) is 1.61. The average molecular weight is 438 g/mol. The number of hydrogen-bond donors (Lipinski definition) is 3. The van der Waals surface area contributed by atoms with Gasteiger partial charge >= 0.3 is 5.96 Å². The smallest absolute Gasteiger partial charge is 0.346 e. The van der Waals surface area contributed by atoms with Crippen molar-refractivity contribution in [3.8, 4) is 0 Å². The van der Waals surface area contributed by atoms with Gasteiger partial charge in [-0.3, -0.25) is 15.2 Å². The maximum Gasteiger partial charge on any atom is 0.346 e. The minimum Gasteiger partial charge on any atom is -0.404 e. The van der Waals surface area contributed by atoms with Gasteiger partial charge in [0.25, 0.3) is 8.32 Å². The molecule has 5 nitrogen and oxygen atoms in total. The first kappa shape index (κ1) is 22.1. The summed E-state index contributed by atoms with van der Waals surface area (Å²) in [6.45, 7) is 10.5. The zero-order valence-corrected chi connectivity index (χ0v) is 20.1. The quantitative estimate of drug-likeness (QED) is 0.475. The molecule has 0 bridgehead atoms. The van der Waals surface area contributed by atoms with Crippen molar-refractivity contribution < 1.29 is 9.00 Å². The van der Waals surface area contributed by atoms with Crippen molar-refractivity contribution in [2.24, 2.45) is 5.73 Å². The summed E-state index contributed by atoms with van der Waals surface area (Å²) >= 11 is 0. The van der Waals surface area contributed by atoms with E-state index < -0.39 is 8.32 Å². The van der Waals surface area contributed by atoms with Crippen molar-refractivity contribution in [3.63, 3.8) is 0 Å². The summed E-state index contributed by atoms with van der Waals surface area (Å²) in [7, 11) is -2.50. The molecule has 0 saturated heterocycles. The summed E-state index contributed by atoms with van der Waals surface area (Å²) in [5.41, 5.74) is 5.91. The molecular weight excluding hydrogens is 400 g/mol. The minimum atomic E-state index is -2.50. The van der Waals surface area contributed by atoms with E-state index in [9.17, 15) is 0 Å². The third-order valence-corrected chi connectivity index (χ3v) is 11.7. The van der Waals surface area contributed by atoms with Gasteiger partial charge in [0.2, 0.25) is 0 Å². The molecule has 0 fully saturated rings. The van der Waals surface area contributed by atoms with Gasteiger partial charge in [0.1, 0.15) is 0 Å². The fraction of sp³-hybridized carbons (Fsp3) is 0.480. The molecule has 0 aromatic heterocycles. The van der Waals surface area contributed by atoms with Crippen LogP contribution in [0.1, 0.15) is 33.6 Å². The highest BCUT2D eigenvalue weighted by atomic mass is 28.4. The number of nitrogens with zero attached hydrogens (tertiary/aromatic N) is 1. The van der Waals surface area contributed by atoms with Crippen LogP contribution in [0.5, 0.6) is 0 Å². The van der Waals surface area contributed by atoms with Gasteiger partial charge in [-0.05, 0) is 15.4 Å². The molecule has 2 aromatic carbocycles. The van der Waals surface area contributed by atoms with Crippen molar-refractivity contribution in [2.45, 2.75) is 50.7 Å². The van der Waals surface area contributed by atoms with Crippen LogP contribution in [0.25, 0.3) is 0 Å². The van der Waals surface area contributed by atoms with Gasteiger partial charge in [-0.25, -0.2) is 0 Å². The number of nitrogens with two attached hydrogens (primary N) is 1. The van der Waals surface area contributed by atoms with Crippen LogP contribution in [0.2, 0.25) is 5.04 Å². The maximum absolute atomic E-state index is 7.13. The zero-order valence-electron chi connectivity index (χ0n) is 19.1. The molecule has 0 saturated carbocycles. The van der Waals surface area contributed by atoms with E-state index in [2.05, 4.69) is 96.6 Å². The van der Waals surface area contributed by atoms with E-state index in [0.717, 1.165) is 31.9 Å². The molecule has 2 aromatic rings. The lowest BCUT2D eigenvalue weighted by atomic mass is 10.1. The molecule has 31 heavy (non-hydrogen) atoms. The van der Waals surface area contributed by atoms with E-state index in [1.807, 2.05) is 0 Å². The van der Waals surface area contributed by atoms with Gasteiger partial charge in [-0.1, -0.05) is 81.4 Å². The van der Waals surface area contributed by atoms with Gasteiger partial charge in [0.15, 0.2) is 0 Å². The molecule has 2 aliphatic heterocycles. The number of benzene rings is 2. The SMILES string of the molecule is CC(C)(C)[Si](OC[C@H]1CC[N+]2=C(N1)N[C@@H](CN)CC2)(c1ccccc1)c1ccccc1. The van der Waals surface area contributed by atoms with E-state index in [1.54, 1.807) is 0 Å². The van der Waals surface area contributed by atoms with Gasteiger partial charge in [0, 0.05) is 19.4 Å².